The van der Waals surface area contributed by atoms with Gasteiger partial charge in [-0.05, 0) is 70.8 Å². The molecule has 9 aromatic rings. The van der Waals surface area contributed by atoms with Gasteiger partial charge < -0.3 is 4.42 Å². The van der Waals surface area contributed by atoms with E-state index in [-0.39, 0.29) is 5.41 Å². The van der Waals surface area contributed by atoms with Crippen molar-refractivity contribution in [2.24, 2.45) is 0 Å². The minimum atomic E-state index is -0.0856. The van der Waals surface area contributed by atoms with Crippen LogP contribution < -0.4 is 0 Å². The van der Waals surface area contributed by atoms with Crippen LogP contribution in [0.2, 0.25) is 0 Å². The molecule has 0 bridgehead atoms. The summed E-state index contributed by atoms with van der Waals surface area (Å²) in [6, 6.07) is 44.8. The lowest BCUT2D eigenvalue weighted by atomic mass is 9.82. The second kappa shape index (κ2) is 9.68. The molecule has 47 heavy (non-hydrogen) atoms. The van der Waals surface area contributed by atoms with E-state index in [4.69, 9.17) is 19.4 Å². The molecule has 5 heteroatoms. The van der Waals surface area contributed by atoms with Gasteiger partial charge >= 0.3 is 0 Å². The van der Waals surface area contributed by atoms with Gasteiger partial charge in [0.15, 0.2) is 17.5 Å². The van der Waals surface area contributed by atoms with Crippen LogP contribution in [-0.4, -0.2) is 15.0 Å². The van der Waals surface area contributed by atoms with E-state index in [1.807, 2.05) is 41.7 Å². The van der Waals surface area contributed by atoms with Crippen LogP contribution >= 0.6 is 11.3 Å². The molecule has 3 aromatic heterocycles. The zero-order chi connectivity index (χ0) is 31.3. The number of hydrogen-bond donors (Lipinski definition) is 0. The smallest absolute Gasteiger partial charge is 0.164 e. The highest BCUT2D eigenvalue weighted by molar-refractivity contribution is 7.25. The summed E-state index contributed by atoms with van der Waals surface area (Å²) < 4.78 is 9.10. The third-order valence-electron chi connectivity index (χ3n) is 9.74. The Morgan fingerprint density at radius 3 is 1.98 bits per heavy atom. The van der Waals surface area contributed by atoms with E-state index in [1.165, 1.54) is 42.4 Å². The fourth-order valence-electron chi connectivity index (χ4n) is 7.33. The second-order valence-corrected chi connectivity index (χ2v) is 13.9. The Morgan fingerprint density at radius 1 is 0.468 bits per heavy atom. The highest BCUT2D eigenvalue weighted by Gasteiger charge is 2.36. The summed E-state index contributed by atoms with van der Waals surface area (Å²) in [5, 5.41) is 4.67. The largest absolute Gasteiger partial charge is 0.456 e. The van der Waals surface area contributed by atoms with Gasteiger partial charge in [0.1, 0.15) is 11.2 Å². The molecule has 0 saturated heterocycles. The molecule has 0 fully saturated rings. The molecule has 4 nitrogen and oxygen atoms in total. The van der Waals surface area contributed by atoms with Gasteiger partial charge in [0, 0.05) is 53.1 Å². The Kier molecular flexibility index (Phi) is 5.47. The number of nitrogens with zero attached hydrogens (tertiary/aromatic N) is 3. The second-order valence-electron chi connectivity index (χ2n) is 12.9. The molecular formula is C42H27N3OS. The van der Waals surface area contributed by atoms with Crippen LogP contribution in [0, 0.1) is 0 Å². The molecular weight excluding hydrogens is 595 g/mol. The van der Waals surface area contributed by atoms with Crippen molar-refractivity contribution in [1.29, 1.82) is 0 Å². The number of thiophene rings is 1. The third-order valence-corrected chi connectivity index (χ3v) is 10.9. The summed E-state index contributed by atoms with van der Waals surface area (Å²) in [5.41, 5.74) is 9.68. The van der Waals surface area contributed by atoms with E-state index >= 15 is 0 Å². The average Bonchev–Trinajstić information content (AvgIpc) is 3.74. The predicted molar refractivity (Wildman–Crippen MR) is 194 cm³/mol. The van der Waals surface area contributed by atoms with Gasteiger partial charge in [-0.2, -0.15) is 0 Å². The van der Waals surface area contributed by atoms with E-state index in [9.17, 15) is 0 Å². The van der Waals surface area contributed by atoms with Crippen molar-refractivity contribution in [1.82, 2.24) is 15.0 Å². The molecule has 0 unspecified atom stereocenters. The molecule has 3 heterocycles. The normalized spacial score (nSPS) is 13.5. The van der Waals surface area contributed by atoms with Crippen LogP contribution in [-0.2, 0) is 5.41 Å². The zero-order valence-corrected chi connectivity index (χ0v) is 26.6. The summed E-state index contributed by atoms with van der Waals surface area (Å²) in [6.45, 7) is 4.59. The molecule has 10 rings (SSSR count). The topological polar surface area (TPSA) is 51.8 Å². The number of furan rings is 1. The summed E-state index contributed by atoms with van der Waals surface area (Å²) in [6.07, 6.45) is 0. The summed E-state index contributed by atoms with van der Waals surface area (Å²) >= 11 is 1.81. The minimum Gasteiger partial charge on any atom is -0.456 e. The lowest BCUT2D eigenvalue weighted by Crippen LogP contribution is -2.14. The highest BCUT2D eigenvalue weighted by atomic mass is 32.1. The van der Waals surface area contributed by atoms with E-state index < -0.39 is 0 Å². The number of aromatic nitrogens is 3. The standard InChI is InChI=1S/C42H27N3OS/c1-42(2)33-14-8-6-12-27(33)30-22-31-28-18-16-26(21-35(28)46-36(31)23-34(30)42)41-44-39(24-10-4-3-5-11-24)43-40(45-41)25-17-19-38-32(20-25)29-13-7-9-15-37(29)47-38/h3-23H,1-2H3. The van der Waals surface area contributed by atoms with Gasteiger partial charge in [-0.3, -0.25) is 0 Å². The lowest BCUT2D eigenvalue weighted by molar-refractivity contribution is 0.647. The number of benzene rings is 6. The van der Waals surface area contributed by atoms with Gasteiger partial charge in [0.25, 0.3) is 0 Å². The van der Waals surface area contributed by atoms with Crippen molar-refractivity contribution >= 4 is 53.4 Å². The van der Waals surface area contributed by atoms with Crippen LogP contribution in [0.15, 0.2) is 132 Å². The molecule has 0 aliphatic heterocycles. The molecule has 0 spiro atoms. The fourth-order valence-corrected chi connectivity index (χ4v) is 8.41. The van der Waals surface area contributed by atoms with Crippen molar-refractivity contribution in [2.75, 3.05) is 0 Å². The SMILES string of the molecule is CC1(C)c2ccccc2-c2cc3c(cc21)oc1cc(-c2nc(-c4ccccc4)nc(-c4ccc5sc6ccccc6c5c4)n2)ccc13. The minimum absolute atomic E-state index is 0.0856. The Bertz CT molecular complexity index is 2720. The predicted octanol–water partition coefficient (Wildman–Crippen LogP) is 11.4. The quantitative estimate of drug-likeness (QED) is 0.197. The Balaban J connectivity index is 1.14. The molecule has 0 amide bonds. The van der Waals surface area contributed by atoms with Crippen LogP contribution in [0.1, 0.15) is 25.0 Å². The van der Waals surface area contributed by atoms with E-state index in [0.29, 0.717) is 17.5 Å². The lowest BCUT2D eigenvalue weighted by Gasteiger charge is -2.21. The number of rotatable bonds is 3. The molecule has 0 radical (unpaired) electrons. The first kappa shape index (κ1) is 26.6. The fraction of sp³-hybridized carbons (Fsp3) is 0.0714. The van der Waals surface area contributed by atoms with Gasteiger partial charge in [-0.1, -0.05) is 92.7 Å². The summed E-state index contributed by atoms with van der Waals surface area (Å²) in [5.74, 6) is 1.90. The monoisotopic (exact) mass is 621 g/mol. The van der Waals surface area contributed by atoms with Crippen LogP contribution in [0.5, 0.6) is 0 Å². The van der Waals surface area contributed by atoms with E-state index in [0.717, 1.165) is 38.6 Å². The van der Waals surface area contributed by atoms with Gasteiger partial charge in [-0.25, -0.2) is 15.0 Å². The van der Waals surface area contributed by atoms with Crippen molar-refractivity contribution in [3.05, 3.63) is 139 Å². The molecule has 1 aliphatic rings. The highest BCUT2D eigenvalue weighted by Crippen LogP contribution is 2.50. The molecule has 0 atom stereocenters. The van der Waals surface area contributed by atoms with Gasteiger partial charge in [-0.15, -0.1) is 11.3 Å². The molecule has 6 aromatic carbocycles. The Hall–Kier alpha value is -5.65. The van der Waals surface area contributed by atoms with Gasteiger partial charge in [0.05, 0.1) is 0 Å². The summed E-state index contributed by atoms with van der Waals surface area (Å²) in [4.78, 5) is 15.1. The van der Waals surface area contributed by atoms with Crippen LogP contribution in [0.25, 0.3) is 87.4 Å². The van der Waals surface area contributed by atoms with Gasteiger partial charge in [0.2, 0.25) is 0 Å². The Labute approximate surface area is 275 Å². The number of fused-ring (bicyclic) bond motifs is 9. The molecule has 222 valence electrons. The maximum absolute atomic E-state index is 6.57. The van der Waals surface area contributed by atoms with Crippen molar-refractivity contribution in [2.45, 2.75) is 19.3 Å². The maximum atomic E-state index is 6.57. The first-order valence-corrected chi connectivity index (χ1v) is 16.7. The van der Waals surface area contributed by atoms with Crippen LogP contribution in [0.4, 0.5) is 0 Å². The first-order valence-electron chi connectivity index (χ1n) is 15.9. The van der Waals surface area contributed by atoms with E-state index in [2.05, 4.69) is 111 Å². The molecule has 1 aliphatic carbocycles. The van der Waals surface area contributed by atoms with Crippen molar-refractivity contribution < 1.29 is 4.42 Å². The van der Waals surface area contributed by atoms with Crippen LogP contribution in [0.3, 0.4) is 0 Å². The average molecular weight is 622 g/mol. The zero-order valence-electron chi connectivity index (χ0n) is 25.8. The number of hydrogen-bond acceptors (Lipinski definition) is 5. The molecule has 0 saturated carbocycles. The molecule has 0 N–H and O–H groups in total. The Morgan fingerprint density at radius 2 is 1.13 bits per heavy atom. The summed E-state index contributed by atoms with van der Waals surface area (Å²) in [7, 11) is 0. The van der Waals surface area contributed by atoms with Crippen molar-refractivity contribution in [3.63, 3.8) is 0 Å². The maximum Gasteiger partial charge on any atom is 0.164 e. The van der Waals surface area contributed by atoms with E-state index in [1.54, 1.807) is 0 Å². The third kappa shape index (κ3) is 3.96. The first-order chi connectivity index (χ1) is 23.0. The van der Waals surface area contributed by atoms with Crippen molar-refractivity contribution in [3.8, 4) is 45.3 Å².